The molecule has 0 aliphatic rings. The molecule has 1 aromatic heterocycles. The van der Waals surface area contributed by atoms with Crippen LogP contribution >= 0.6 is 22.6 Å². The number of benzene rings is 1. The fourth-order valence-corrected chi connectivity index (χ4v) is 1.92. The fourth-order valence-electron chi connectivity index (χ4n) is 1.45. The third-order valence-electron chi connectivity index (χ3n) is 2.40. The molecule has 0 spiro atoms. The maximum absolute atomic E-state index is 12.8. The van der Waals surface area contributed by atoms with E-state index in [0.29, 0.717) is 11.4 Å². The highest BCUT2D eigenvalue weighted by Crippen LogP contribution is 2.16. The second-order valence-corrected chi connectivity index (χ2v) is 4.82. The lowest BCUT2D eigenvalue weighted by molar-refractivity contribution is 0.0989. The number of carbonyl (C=O) groups is 1. The summed E-state index contributed by atoms with van der Waals surface area (Å²) in [6.45, 7) is 0. The van der Waals surface area contributed by atoms with Gasteiger partial charge in [-0.1, -0.05) is 0 Å². The van der Waals surface area contributed by atoms with E-state index < -0.39 is 0 Å². The minimum absolute atomic E-state index is 0.153. The van der Waals surface area contributed by atoms with Crippen LogP contribution in [0.4, 0.5) is 10.1 Å². The van der Waals surface area contributed by atoms with Gasteiger partial charge in [0.1, 0.15) is 11.5 Å². The van der Waals surface area contributed by atoms with Crippen LogP contribution in [0.2, 0.25) is 0 Å². The molecule has 88 valence electrons. The van der Waals surface area contributed by atoms with Crippen LogP contribution in [0.1, 0.15) is 10.5 Å². The Morgan fingerprint density at radius 2 is 2.00 bits per heavy atom. The molecule has 0 aliphatic carbocycles. The van der Waals surface area contributed by atoms with Crippen LogP contribution in [0.15, 0.2) is 36.5 Å². The summed E-state index contributed by atoms with van der Waals surface area (Å²) in [4.78, 5) is 16.4. The lowest BCUT2D eigenvalue weighted by atomic mass is 10.2. The molecule has 5 heteroatoms. The van der Waals surface area contributed by atoms with Gasteiger partial charge in [0.05, 0.1) is 0 Å². The van der Waals surface area contributed by atoms with Gasteiger partial charge >= 0.3 is 0 Å². The third-order valence-corrected chi connectivity index (χ3v) is 3.02. The molecule has 0 saturated carbocycles. The van der Waals surface area contributed by atoms with Gasteiger partial charge in [-0.15, -0.1) is 0 Å². The number of aromatic nitrogens is 1. The fraction of sp³-hybridized carbons (Fsp3) is 0.0833. The van der Waals surface area contributed by atoms with Crippen molar-refractivity contribution in [2.24, 2.45) is 0 Å². The minimum atomic E-state index is -0.316. The van der Waals surface area contributed by atoms with Crippen LogP contribution in [0.25, 0.3) is 0 Å². The molecule has 1 amide bonds. The summed E-state index contributed by atoms with van der Waals surface area (Å²) in [5.74, 6) is -0.469. The molecule has 0 aliphatic heterocycles. The first-order chi connectivity index (χ1) is 8.08. The van der Waals surface area contributed by atoms with E-state index in [2.05, 4.69) is 27.6 Å². The van der Waals surface area contributed by atoms with Gasteiger partial charge in [0.2, 0.25) is 0 Å². The number of anilines is 1. The predicted octanol–water partition coefficient (Wildman–Crippen LogP) is 3.04. The van der Waals surface area contributed by atoms with E-state index in [1.165, 1.54) is 17.0 Å². The summed E-state index contributed by atoms with van der Waals surface area (Å²) in [5.41, 5.74) is 1.17. The van der Waals surface area contributed by atoms with Crippen LogP contribution in [0, 0.1) is 9.39 Å². The van der Waals surface area contributed by atoms with Crippen LogP contribution in [-0.4, -0.2) is 17.9 Å². The quantitative estimate of drug-likeness (QED) is 0.836. The van der Waals surface area contributed by atoms with Crippen LogP contribution < -0.4 is 4.90 Å². The Morgan fingerprint density at radius 1 is 1.35 bits per heavy atom. The predicted molar refractivity (Wildman–Crippen MR) is 72.6 cm³/mol. The van der Waals surface area contributed by atoms with Gasteiger partial charge < -0.3 is 9.88 Å². The second kappa shape index (κ2) is 4.87. The van der Waals surface area contributed by atoms with Crippen molar-refractivity contribution >= 4 is 34.2 Å². The number of carbonyl (C=O) groups excluding carboxylic acids is 1. The van der Waals surface area contributed by atoms with E-state index in [9.17, 15) is 9.18 Å². The third kappa shape index (κ3) is 2.66. The number of nitrogens with zero attached hydrogens (tertiary/aromatic N) is 1. The number of rotatable bonds is 2. The van der Waals surface area contributed by atoms with Crippen molar-refractivity contribution in [1.29, 1.82) is 0 Å². The Bertz CT molecular complexity index is 536. The molecule has 0 radical (unpaired) electrons. The van der Waals surface area contributed by atoms with Gasteiger partial charge in [0.25, 0.3) is 5.91 Å². The molecule has 0 atom stereocenters. The first-order valence-electron chi connectivity index (χ1n) is 4.95. The van der Waals surface area contributed by atoms with Gasteiger partial charge in [-0.25, -0.2) is 4.39 Å². The molecule has 0 bridgehead atoms. The van der Waals surface area contributed by atoms with Gasteiger partial charge in [0, 0.05) is 22.5 Å². The van der Waals surface area contributed by atoms with E-state index in [4.69, 9.17) is 0 Å². The maximum Gasteiger partial charge on any atom is 0.274 e. The largest absolute Gasteiger partial charge is 0.356 e. The number of hydrogen-bond donors (Lipinski definition) is 1. The number of amides is 1. The first-order valence-corrected chi connectivity index (χ1v) is 6.03. The summed E-state index contributed by atoms with van der Waals surface area (Å²) >= 11 is 2.12. The molecule has 2 rings (SSSR count). The number of halogens is 2. The topological polar surface area (TPSA) is 36.1 Å². The normalized spacial score (nSPS) is 10.3. The Hall–Kier alpha value is -1.37. The van der Waals surface area contributed by atoms with Crippen molar-refractivity contribution in [3.8, 4) is 0 Å². The Balaban J connectivity index is 2.23. The second-order valence-electron chi connectivity index (χ2n) is 3.57. The van der Waals surface area contributed by atoms with Crippen LogP contribution in [0.5, 0.6) is 0 Å². The molecule has 3 nitrogen and oxygen atoms in total. The highest BCUT2D eigenvalue weighted by Gasteiger charge is 2.14. The molecule has 0 fully saturated rings. The summed E-state index contributed by atoms with van der Waals surface area (Å²) in [5, 5.41) is 0. The smallest absolute Gasteiger partial charge is 0.274 e. The minimum Gasteiger partial charge on any atom is -0.356 e. The molecule has 17 heavy (non-hydrogen) atoms. The van der Waals surface area contributed by atoms with Crippen molar-refractivity contribution in [3.05, 3.63) is 51.6 Å². The van der Waals surface area contributed by atoms with E-state index in [1.54, 1.807) is 31.4 Å². The monoisotopic (exact) mass is 344 g/mol. The van der Waals surface area contributed by atoms with Crippen molar-refractivity contribution in [2.45, 2.75) is 0 Å². The van der Waals surface area contributed by atoms with Crippen molar-refractivity contribution < 1.29 is 9.18 Å². The van der Waals surface area contributed by atoms with Gasteiger partial charge in [-0.3, -0.25) is 4.79 Å². The van der Waals surface area contributed by atoms with Crippen molar-refractivity contribution in [1.82, 2.24) is 4.98 Å². The standard InChI is InChI=1S/C12H10FIN2O/c1-16(10-4-2-8(13)3-5-10)12(17)11-6-9(14)7-15-11/h2-7,15H,1H3. The van der Waals surface area contributed by atoms with Gasteiger partial charge in [-0.2, -0.15) is 0 Å². The van der Waals surface area contributed by atoms with E-state index in [-0.39, 0.29) is 11.7 Å². The highest BCUT2D eigenvalue weighted by molar-refractivity contribution is 14.1. The first kappa shape index (κ1) is 12.1. The summed E-state index contributed by atoms with van der Waals surface area (Å²) in [6, 6.07) is 7.57. The Labute approximate surface area is 112 Å². The Kier molecular flexibility index (Phi) is 3.46. The number of hydrogen-bond acceptors (Lipinski definition) is 1. The molecule has 1 aromatic carbocycles. The number of aromatic amines is 1. The van der Waals surface area contributed by atoms with Crippen LogP contribution in [0.3, 0.4) is 0 Å². The zero-order valence-corrected chi connectivity index (χ0v) is 11.2. The lowest BCUT2D eigenvalue weighted by Gasteiger charge is -2.16. The van der Waals surface area contributed by atoms with Crippen molar-refractivity contribution in [2.75, 3.05) is 11.9 Å². The summed E-state index contributed by atoms with van der Waals surface area (Å²) in [6.07, 6.45) is 1.76. The zero-order chi connectivity index (χ0) is 12.4. The molecular weight excluding hydrogens is 334 g/mol. The van der Waals surface area contributed by atoms with E-state index >= 15 is 0 Å². The highest BCUT2D eigenvalue weighted by atomic mass is 127. The van der Waals surface area contributed by atoms with Crippen LogP contribution in [-0.2, 0) is 0 Å². The molecule has 1 heterocycles. The molecule has 1 N–H and O–H groups in total. The van der Waals surface area contributed by atoms with Gasteiger partial charge in [0.15, 0.2) is 0 Å². The van der Waals surface area contributed by atoms with Gasteiger partial charge in [-0.05, 0) is 52.9 Å². The number of nitrogens with one attached hydrogen (secondary N) is 1. The molecule has 2 aromatic rings. The van der Waals surface area contributed by atoms with E-state index in [1.807, 2.05) is 0 Å². The average Bonchev–Trinajstić information content (AvgIpc) is 2.75. The SMILES string of the molecule is CN(C(=O)c1cc(I)c[nH]1)c1ccc(F)cc1. The molecule has 0 saturated heterocycles. The summed E-state index contributed by atoms with van der Waals surface area (Å²) in [7, 11) is 1.66. The Morgan fingerprint density at radius 3 is 2.53 bits per heavy atom. The van der Waals surface area contributed by atoms with Crippen molar-refractivity contribution in [3.63, 3.8) is 0 Å². The molecule has 0 unspecified atom stereocenters. The zero-order valence-electron chi connectivity index (χ0n) is 9.08. The van der Waals surface area contributed by atoms with E-state index in [0.717, 1.165) is 3.57 Å². The average molecular weight is 344 g/mol. The maximum atomic E-state index is 12.8. The number of H-pyrrole nitrogens is 1. The molecular formula is C12H10FIN2O. The summed E-state index contributed by atoms with van der Waals surface area (Å²) < 4.78 is 13.7. The lowest BCUT2D eigenvalue weighted by Crippen LogP contribution is -2.26.